The Kier molecular flexibility index (Phi) is 2.22. The predicted molar refractivity (Wildman–Crippen MR) is 59.8 cm³/mol. The largest absolute Gasteiger partial charge is 0.454 e. The molecule has 1 aromatic carbocycles. The minimum Gasteiger partial charge on any atom is -0.454 e. The number of benzene rings is 1. The molecule has 0 aliphatic carbocycles. The second-order valence-corrected chi connectivity index (χ2v) is 3.89. The SMILES string of the molecule is OCCCc1c[nH]c2cc3c(cc12)OCO3. The number of fused-ring (bicyclic) bond motifs is 2. The normalized spacial score (nSPS) is 13.6. The number of aromatic amines is 1. The van der Waals surface area contributed by atoms with Gasteiger partial charge in [0.15, 0.2) is 11.5 Å². The highest BCUT2D eigenvalue weighted by atomic mass is 16.7. The highest BCUT2D eigenvalue weighted by Crippen LogP contribution is 2.36. The van der Waals surface area contributed by atoms with Crippen molar-refractivity contribution < 1.29 is 14.6 Å². The van der Waals surface area contributed by atoms with E-state index < -0.39 is 0 Å². The van der Waals surface area contributed by atoms with E-state index in [1.165, 1.54) is 5.56 Å². The van der Waals surface area contributed by atoms with Gasteiger partial charge in [-0.3, -0.25) is 0 Å². The van der Waals surface area contributed by atoms with E-state index in [4.69, 9.17) is 14.6 Å². The monoisotopic (exact) mass is 219 g/mol. The van der Waals surface area contributed by atoms with Crippen molar-refractivity contribution in [1.82, 2.24) is 4.98 Å². The molecule has 2 N–H and O–H groups in total. The molecule has 0 unspecified atom stereocenters. The molecular formula is C12H13NO3. The van der Waals surface area contributed by atoms with Gasteiger partial charge in [-0.1, -0.05) is 0 Å². The maximum Gasteiger partial charge on any atom is 0.231 e. The summed E-state index contributed by atoms with van der Waals surface area (Å²) in [5, 5.41) is 9.99. The molecule has 4 heteroatoms. The van der Waals surface area contributed by atoms with Gasteiger partial charge in [0.25, 0.3) is 0 Å². The van der Waals surface area contributed by atoms with Gasteiger partial charge in [-0.2, -0.15) is 0 Å². The second kappa shape index (κ2) is 3.72. The minimum absolute atomic E-state index is 0.219. The van der Waals surface area contributed by atoms with Crippen LogP contribution in [-0.4, -0.2) is 23.5 Å². The van der Waals surface area contributed by atoms with Crippen LogP contribution < -0.4 is 9.47 Å². The Hall–Kier alpha value is -1.68. The first-order valence-corrected chi connectivity index (χ1v) is 5.39. The topological polar surface area (TPSA) is 54.5 Å². The lowest BCUT2D eigenvalue weighted by atomic mass is 10.1. The Morgan fingerprint density at radius 3 is 2.88 bits per heavy atom. The van der Waals surface area contributed by atoms with Crippen LogP contribution in [0.4, 0.5) is 0 Å². The van der Waals surface area contributed by atoms with E-state index >= 15 is 0 Å². The molecule has 16 heavy (non-hydrogen) atoms. The van der Waals surface area contributed by atoms with Crippen LogP contribution in [0.5, 0.6) is 11.5 Å². The van der Waals surface area contributed by atoms with Crippen molar-refractivity contribution in [3.63, 3.8) is 0 Å². The molecule has 4 nitrogen and oxygen atoms in total. The van der Waals surface area contributed by atoms with Crippen molar-refractivity contribution >= 4 is 10.9 Å². The van der Waals surface area contributed by atoms with Crippen LogP contribution >= 0.6 is 0 Å². The van der Waals surface area contributed by atoms with Gasteiger partial charge in [-0.15, -0.1) is 0 Å². The minimum atomic E-state index is 0.219. The third-order valence-electron chi connectivity index (χ3n) is 2.86. The maximum atomic E-state index is 8.84. The van der Waals surface area contributed by atoms with Crippen molar-refractivity contribution in [3.05, 3.63) is 23.9 Å². The summed E-state index contributed by atoms with van der Waals surface area (Å²) in [5.74, 6) is 1.60. The zero-order valence-electron chi connectivity index (χ0n) is 8.82. The van der Waals surface area contributed by atoms with E-state index in [0.717, 1.165) is 35.2 Å². The molecule has 84 valence electrons. The molecular weight excluding hydrogens is 206 g/mol. The van der Waals surface area contributed by atoms with Gasteiger partial charge in [0.05, 0.1) is 0 Å². The Balaban J connectivity index is 2.05. The number of aryl methyl sites for hydroxylation is 1. The van der Waals surface area contributed by atoms with Crippen molar-refractivity contribution in [2.45, 2.75) is 12.8 Å². The first kappa shape index (κ1) is 9.54. The molecule has 1 aliphatic rings. The number of aliphatic hydroxyl groups excluding tert-OH is 1. The summed E-state index contributed by atoms with van der Waals surface area (Å²) in [4.78, 5) is 3.21. The molecule has 0 saturated carbocycles. The number of ether oxygens (including phenoxy) is 2. The highest BCUT2D eigenvalue weighted by molar-refractivity contribution is 5.86. The molecule has 1 aromatic heterocycles. The maximum absolute atomic E-state index is 8.84. The molecule has 0 bridgehead atoms. The van der Waals surface area contributed by atoms with Gasteiger partial charge in [0, 0.05) is 29.8 Å². The number of nitrogens with one attached hydrogen (secondary N) is 1. The Bertz CT molecular complexity index is 518. The van der Waals surface area contributed by atoms with Gasteiger partial charge >= 0.3 is 0 Å². The fraction of sp³-hybridized carbons (Fsp3) is 0.333. The summed E-state index contributed by atoms with van der Waals surface area (Å²) in [5.41, 5.74) is 2.26. The van der Waals surface area contributed by atoms with E-state index in [2.05, 4.69) is 4.98 Å². The molecule has 0 saturated heterocycles. The first-order valence-electron chi connectivity index (χ1n) is 5.39. The number of aliphatic hydroxyl groups is 1. The summed E-state index contributed by atoms with van der Waals surface area (Å²) >= 11 is 0. The van der Waals surface area contributed by atoms with Crippen LogP contribution in [0.2, 0.25) is 0 Å². The van der Waals surface area contributed by atoms with E-state index in [0.29, 0.717) is 6.79 Å². The zero-order chi connectivity index (χ0) is 11.0. The number of hydrogen-bond donors (Lipinski definition) is 2. The van der Waals surface area contributed by atoms with E-state index in [9.17, 15) is 0 Å². The van der Waals surface area contributed by atoms with Gasteiger partial charge in [0.1, 0.15) is 0 Å². The van der Waals surface area contributed by atoms with Crippen molar-refractivity contribution in [1.29, 1.82) is 0 Å². The Labute approximate surface area is 92.8 Å². The van der Waals surface area contributed by atoms with Crippen LogP contribution in [0.3, 0.4) is 0 Å². The fourth-order valence-corrected chi connectivity index (χ4v) is 2.05. The summed E-state index contributed by atoms with van der Waals surface area (Å²) in [6.07, 6.45) is 3.63. The van der Waals surface area contributed by atoms with Gasteiger partial charge in [-0.05, 0) is 24.5 Å². The molecule has 0 atom stereocenters. The number of aromatic nitrogens is 1. The van der Waals surface area contributed by atoms with E-state index in [1.807, 2.05) is 18.3 Å². The van der Waals surface area contributed by atoms with Crippen molar-refractivity contribution in [2.75, 3.05) is 13.4 Å². The molecule has 2 aromatic rings. The average molecular weight is 219 g/mol. The van der Waals surface area contributed by atoms with Gasteiger partial charge < -0.3 is 19.6 Å². The quantitative estimate of drug-likeness (QED) is 0.827. The Morgan fingerprint density at radius 2 is 2.06 bits per heavy atom. The van der Waals surface area contributed by atoms with E-state index in [1.54, 1.807) is 0 Å². The molecule has 3 rings (SSSR count). The molecule has 0 fully saturated rings. The highest BCUT2D eigenvalue weighted by Gasteiger charge is 2.16. The zero-order valence-corrected chi connectivity index (χ0v) is 8.82. The third kappa shape index (κ3) is 1.42. The van der Waals surface area contributed by atoms with E-state index in [-0.39, 0.29) is 6.61 Å². The smallest absolute Gasteiger partial charge is 0.231 e. The lowest BCUT2D eigenvalue weighted by Gasteiger charge is -1.99. The van der Waals surface area contributed by atoms with Crippen molar-refractivity contribution in [3.8, 4) is 11.5 Å². The summed E-state index contributed by atoms with van der Waals surface area (Å²) in [6, 6.07) is 3.96. The number of H-pyrrole nitrogens is 1. The molecule has 0 amide bonds. The molecule has 1 aliphatic heterocycles. The van der Waals surface area contributed by atoms with Gasteiger partial charge in [0.2, 0.25) is 6.79 Å². The number of rotatable bonds is 3. The molecule has 0 radical (unpaired) electrons. The molecule has 2 heterocycles. The summed E-state index contributed by atoms with van der Waals surface area (Å²) < 4.78 is 10.7. The number of hydrogen-bond acceptors (Lipinski definition) is 3. The molecule has 0 spiro atoms. The van der Waals surface area contributed by atoms with Crippen molar-refractivity contribution in [2.24, 2.45) is 0 Å². The van der Waals surface area contributed by atoms with Gasteiger partial charge in [-0.25, -0.2) is 0 Å². The lowest BCUT2D eigenvalue weighted by Crippen LogP contribution is -1.92. The van der Waals surface area contributed by atoms with Crippen LogP contribution in [-0.2, 0) is 6.42 Å². The Morgan fingerprint density at radius 1 is 1.25 bits per heavy atom. The first-order chi connectivity index (χ1) is 7.88. The standard InChI is InChI=1S/C12H13NO3/c14-3-1-2-8-6-13-10-5-12-11(4-9(8)10)15-7-16-12/h4-6,13-14H,1-3,7H2. The average Bonchev–Trinajstić information content (AvgIpc) is 2.89. The predicted octanol–water partition coefficient (Wildman–Crippen LogP) is 1.82. The summed E-state index contributed by atoms with van der Waals surface area (Å²) in [6.45, 7) is 0.519. The van der Waals surface area contributed by atoms with Crippen LogP contribution in [0.15, 0.2) is 18.3 Å². The van der Waals surface area contributed by atoms with Crippen LogP contribution in [0.25, 0.3) is 10.9 Å². The third-order valence-corrected chi connectivity index (χ3v) is 2.86. The fourth-order valence-electron chi connectivity index (χ4n) is 2.05. The van der Waals surface area contributed by atoms with Crippen LogP contribution in [0, 0.1) is 0 Å². The van der Waals surface area contributed by atoms with Crippen LogP contribution in [0.1, 0.15) is 12.0 Å². The lowest BCUT2D eigenvalue weighted by molar-refractivity contribution is 0.174. The summed E-state index contributed by atoms with van der Waals surface area (Å²) in [7, 11) is 0. The second-order valence-electron chi connectivity index (χ2n) is 3.89.